The average Bonchev–Trinajstić information content (AvgIpc) is 3.40. The van der Waals surface area contributed by atoms with E-state index in [1.54, 1.807) is 81.4 Å². The molecule has 0 aliphatic carbocycles. The Kier molecular flexibility index (Phi) is 9.31. The number of furan rings is 1. The number of nitrogens with one attached hydrogen (secondary N) is 1. The predicted molar refractivity (Wildman–Crippen MR) is 177 cm³/mol. The number of carbonyl (C=O) groups is 2. The van der Waals surface area contributed by atoms with Crippen LogP contribution in [0.5, 0.6) is 0 Å². The van der Waals surface area contributed by atoms with Gasteiger partial charge in [0.2, 0.25) is 0 Å². The van der Waals surface area contributed by atoms with Crippen molar-refractivity contribution in [3.8, 4) is 22.3 Å². The molecule has 5 rings (SSSR count). The Morgan fingerprint density at radius 3 is 2.17 bits per heavy atom. The lowest BCUT2D eigenvalue weighted by Crippen LogP contribution is -2.46. The number of hydrogen-bond acceptors (Lipinski definition) is 7. The Morgan fingerprint density at radius 2 is 1.59 bits per heavy atom. The van der Waals surface area contributed by atoms with Crippen molar-refractivity contribution in [2.45, 2.75) is 26.8 Å². The maximum Gasteiger partial charge on any atom is 0.329 e. The highest BCUT2D eigenvalue weighted by atomic mass is 32.2. The first-order chi connectivity index (χ1) is 22.0. The molecule has 1 amide bonds. The van der Waals surface area contributed by atoms with E-state index in [-0.39, 0.29) is 17.4 Å². The third kappa shape index (κ3) is 6.39. The van der Waals surface area contributed by atoms with E-state index in [2.05, 4.69) is 5.32 Å². The summed E-state index contributed by atoms with van der Waals surface area (Å²) < 4.78 is 34.1. The smallest absolute Gasteiger partial charge is 0.329 e. The molecule has 4 aromatic carbocycles. The van der Waals surface area contributed by atoms with Crippen molar-refractivity contribution in [1.82, 2.24) is 0 Å². The van der Waals surface area contributed by atoms with E-state index >= 15 is 0 Å². The van der Waals surface area contributed by atoms with Crippen LogP contribution in [-0.2, 0) is 20.8 Å². The minimum absolute atomic E-state index is 0.0325. The SMILES string of the molecule is COC(=O)C(C(C)C)N(c1ccc(-c2ccc(NC(=O)c3oc4cccc(-c5cccc([N+](=O)[O-])c5)c4c3C)cc2)cc1)S(=O)O. The number of carbonyl (C=O) groups excluding carboxylic acids is 2. The standard InChI is InChI=1S/C34H31N3O8S/c1-20(2)31(34(39)44-4)36(46(42)43)26-17-13-23(14-18-26)22-11-15-25(16-12-22)35-33(38)32-21(3)30-28(9-6-10-29(30)45-32)24-7-5-8-27(19-24)37(40)41/h5-20,31H,1-4H3,(H,35,38)(H,42,43). The first-order valence-corrected chi connectivity index (χ1v) is 15.3. The second-order valence-electron chi connectivity index (χ2n) is 10.9. The van der Waals surface area contributed by atoms with Gasteiger partial charge in [0.05, 0.1) is 17.7 Å². The number of fused-ring (bicyclic) bond motifs is 1. The van der Waals surface area contributed by atoms with Crippen LogP contribution in [0.15, 0.2) is 95.4 Å². The molecule has 2 N–H and O–H groups in total. The zero-order chi connectivity index (χ0) is 33.1. The molecule has 5 aromatic rings. The molecule has 0 radical (unpaired) electrons. The Morgan fingerprint density at radius 1 is 0.957 bits per heavy atom. The number of nitro groups is 1. The van der Waals surface area contributed by atoms with Gasteiger partial charge in [-0.25, -0.2) is 9.00 Å². The average molecular weight is 642 g/mol. The van der Waals surface area contributed by atoms with Gasteiger partial charge < -0.3 is 14.5 Å². The van der Waals surface area contributed by atoms with Gasteiger partial charge >= 0.3 is 5.97 Å². The summed E-state index contributed by atoms with van der Waals surface area (Å²) >= 11 is -2.46. The van der Waals surface area contributed by atoms with Gasteiger partial charge in [-0.05, 0) is 65.4 Å². The van der Waals surface area contributed by atoms with Crippen LogP contribution in [-0.4, -0.2) is 38.7 Å². The highest BCUT2D eigenvalue weighted by Crippen LogP contribution is 2.36. The van der Waals surface area contributed by atoms with E-state index in [1.165, 1.54) is 19.2 Å². The monoisotopic (exact) mass is 641 g/mol. The van der Waals surface area contributed by atoms with Crippen LogP contribution in [0, 0.1) is 23.0 Å². The number of nitro benzene ring substituents is 1. The van der Waals surface area contributed by atoms with E-state index in [0.29, 0.717) is 33.5 Å². The summed E-state index contributed by atoms with van der Waals surface area (Å²) in [6.07, 6.45) is 0. The minimum Gasteiger partial charge on any atom is -0.467 e. The molecule has 1 aromatic heterocycles. The van der Waals surface area contributed by atoms with Gasteiger partial charge in [-0.15, -0.1) is 0 Å². The highest BCUT2D eigenvalue weighted by Gasteiger charge is 2.34. The lowest BCUT2D eigenvalue weighted by molar-refractivity contribution is -0.384. The van der Waals surface area contributed by atoms with Crippen molar-refractivity contribution in [3.05, 3.63) is 112 Å². The number of ether oxygens (including phenoxy) is 1. The summed E-state index contributed by atoms with van der Waals surface area (Å²) in [6.45, 7) is 5.31. The van der Waals surface area contributed by atoms with Crippen molar-refractivity contribution < 1.29 is 32.4 Å². The van der Waals surface area contributed by atoms with Gasteiger partial charge in [0, 0.05) is 28.8 Å². The quantitative estimate of drug-likeness (QED) is 0.0694. The second-order valence-corrected chi connectivity index (χ2v) is 11.7. The molecule has 11 nitrogen and oxygen atoms in total. The fourth-order valence-corrected chi connectivity index (χ4v) is 6.22. The zero-order valence-electron chi connectivity index (χ0n) is 25.4. The van der Waals surface area contributed by atoms with Gasteiger partial charge in [-0.1, -0.05) is 62.4 Å². The van der Waals surface area contributed by atoms with Gasteiger partial charge in [0.25, 0.3) is 22.9 Å². The maximum atomic E-state index is 13.3. The van der Waals surface area contributed by atoms with Crippen LogP contribution in [0.25, 0.3) is 33.2 Å². The van der Waals surface area contributed by atoms with Crippen LogP contribution in [0.2, 0.25) is 0 Å². The van der Waals surface area contributed by atoms with Crippen LogP contribution >= 0.6 is 0 Å². The van der Waals surface area contributed by atoms with E-state index in [0.717, 1.165) is 21.0 Å². The van der Waals surface area contributed by atoms with Crippen molar-refractivity contribution in [3.63, 3.8) is 0 Å². The Labute approximate surface area is 267 Å². The van der Waals surface area contributed by atoms with Gasteiger partial charge in [-0.2, -0.15) is 0 Å². The fourth-order valence-electron chi connectivity index (χ4n) is 5.39. The molecule has 12 heteroatoms. The molecule has 0 spiro atoms. The molecule has 0 aliphatic heterocycles. The number of hydrogen-bond donors (Lipinski definition) is 2. The summed E-state index contributed by atoms with van der Waals surface area (Å²) in [4.78, 5) is 36.5. The van der Waals surface area contributed by atoms with Crippen LogP contribution in [0.4, 0.5) is 17.1 Å². The van der Waals surface area contributed by atoms with E-state index in [9.17, 15) is 28.5 Å². The topological polar surface area (TPSA) is 152 Å². The number of amides is 1. The summed E-state index contributed by atoms with van der Waals surface area (Å²) in [5.41, 5.74) is 4.97. The predicted octanol–water partition coefficient (Wildman–Crippen LogP) is 7.38. The van der Waals surface area contributed by atoms with Crippen molar-refractivity contribution in [2.75, 3.05) is 16.7 Å². The number of aryl methyl sites for hydroxylation is 1. The molecule has 0 aliphatic rings. The molecular formula is C34H31N3O8S. The summed E-state index contributed by atoms with van der Waals surface area (Å²) in [6, 6.07) is 24.7. The Hall–Kier alpha value is -5.33. The van der Waals surface area contributed by atoms with Crippen LogP contribution in [0.1, 0.15) is 30.0 Å². The van der Waals surface area contributed by atoms with Gasteiger partial charge in [0.15, 0.2) is 5.76 Å². The van der Waals surface area contributed by atoms with Crippen LogP contribution in [0.3, 0.4) is 0 Å². The summed E-state index contributed by atoms with van der Waals surface area (Å²) in [5.74, 6) is -1.22. The molecule has 0 saturated carbocycles. The number of non-ortho nitro benzene ring substituents is 1. The first kappa shape index (κ1) is 32.1. The zero-order valence-corrected chi connectivity index (χ0v) is 26.2. The Bertz CT molecular complexity index is 1950. The molecule has 46 heavy (non-hydrogen) atoms. The third-order valence-electron chi connectivity index (χ3n) is 7.62. The van der Waals surface area contributed by atoms with Crippen molar-refractivity contribution in [2.24, 2.45) is 5.92 Å². The van der Waals surface area contributed by atoms with Crippen molar-refractivity contribution in [1.29, 1.82) is 0 Å². The summed E-state index contributed by atoms with van der Waals surface area (Å²) in [7, 11) is 1.24. The molecule has 0 bridgehead atoms. The highest BCUT2D eigenvalue weighted by molar-refractivity contribution is 7.80. The number of nitrogens with zero attached hydrogens (tertiary/aromatic N) is 2. The molecule has 0 saturated heterocycles. The lowest BCUT2D eigenvalue weighted by Gasteiger charge is -2.30. The second kappa shape index (κ2) is 13.3. The van der Waals surface area contributed by atoms with Crippen molar-refractivity contribution >= 4 is 51.2 Å². The number of esters is 1. The fraction of sp³-hybridized carbons (Fsp3) is 0.176. The number of rotatable bonds is 10. The minimum atomic E-state index is -2.46. The number of benzene rings is 4. The first-order valence-electron chi connectivity index (χ1n) is 14.3. The Balaban J connectivity index is 1.35. The largest absolute Gasteiger partial charge is 0.467 e. The summed E-state index contributed by atoms with van der Waals surface area (Å²) in [5, 5.41) is 14.9. The molecule has 2 atom stereocenters. The molecule has 2 unspecified atom stereocenters. The van der Waals surface area contributed by atoms with E-state index < -0.39 is 34.1 Å². The molecule has 0 fully saturated rings. The number of methoxy groups -OCH3 is 1. The molecular weight excluding hydrogens is 610 g/mol. The van der Waals surface area contributed by atoms with Crippen LogP contribution < -0.4 is 9.62 Å². The van der Waals surface area contributed by atoms with E-state index in [1.807, 2.05) is 18.2 Å². The lowest BCUT2D eigenvalue weighted by atomic mass is 9.98. The number of anilines is 2. The van der Waals surface area contributed by atoms with Gasteiger partial charge in [0.1, 0.15) is 11.6 Å². The molecule has 236 valence electrons. The van der Waals surface area contributed by atoms with Gasteiger partial charge in [-0.3, -0.25) is 23.8 Å². The van der Waals surface area contributed by atoms with E-state index in [4.69, 9.17) is 9.15 Å². The maximum absolute atomic E-state index is 13.3. The molecule has 1 heterocycles. The normalized spacial score (nSPS) is 12.5. The third-order valence-corrected chi connectivity index (χ3v) is 8.40.